The summed E-state index contributed by atoms with van der Waals surface area (Å²) in [6.07, 6.45) is 3.93. The maximum absolute atomic E-state index is 9.64. The van der Waals surface area contributed by atoms with Gasteiger partial charge in [-0.1, -0.05) is 22.9 Å². The minimum absolute atomic E-state index is 0.0943. The van der Waals surface area contributed by atoms with E-state index in [1.165, 1.54) is 5.56 Å². The summed E-state index contributed by atoms with van der Waals surface area (Å²) in [5.74, 6) is 0. The van der Waals surface area contributed by atoms with Crippen molar-refractivity contribution in [3.8, 4) is 0 Å². The zero-order chi connectivity index (χ0) is 14.7. The Labute approximate surface area is 130 Å². The largest absolute Gasteiger partial charge is 0.398 e. The van der Waals surface area contributed by atoms with Gasteiger partial charge in [-0.3, -0.25) is 4.90 Å². The Kier molecular flexibility index (Phi) is 5.47. The molecule has 1 fully saturated rings. The van der Waals surface area contributed by atoms with Crippen LogP contribution in [0.2, 0.25) is 0 Å². The monoisotopic (exact) mass is 340 g/mol. The van der Waals surface area contributed by atoms with E-state index in [0.717, 1.165) is 54.5 Å². The molecule has 0 saturated heterocycles. The van der Waals surface area contributed by atoms with Gasteiger partial charge >= 0.3 is 0 Å². The Morgan fingerprint density at radius 1 is 1.30 bits per heavy atom. The zero-order valence-electron chi connectivity index (χ0n) is 12.4. The zero-order valence-corrected chi connectivity index (χ0v) is 14.0. The van der Waals surface area contributed by atoms with E-state index < -0.39 is 0 Å². The van der Waals surface area contributed by atoms with Crippen molar-refractivity contribution in [2.75, 3.05) is 12.3 Å². The summed E-state index contributed by atoms with van der Waals surface area (Å²) in [7, 11) is 0. The maximum Gasteiger partial charge on any atom is 0.0541 e. The number of aliphatic hydroxyl groups excluding tert-OH is 1. The summed E-state index contributed by atoms with van der Waals surface area (Å²) in [6, 6.07) is 4.76. The molecule has 0 spiro atoms. The van der Waals surface area contributed by atoms with Crippen molar-refractivity contribution in [2.24, 2.45) is 0 Å². The van der Waals surface area contributed by atoms with E-state index in [0.29, 0.717) is 6.04 Å². The predicted octanol–water partition coefficient (Wildman–Crippen LogP) is 3.47. The molecule has 0 amide bonds. The molecule has 0 atom stereocenters. The number of nitrogens with zero attached hydrogens (tertiary/aromatic N) is 1. The van der Waals surface area contributed by atoms with Gasteiger partial charge in [-0.2, -0.15) is 0 Å². The lowest BCUT2D eigenvalue weighted by Crippen LogP contribution is -2.38. The van der Waals surface area contributed by atoms with Crippen molar-refractivity contribution in [3.63, 3.8) is 0 Å². The lowest BCUT2D eigenvalue weighted by atomic mass is 9.91. The van der Waals surface area contributed by atoms with Crippen molar-refractivity contribution in [1.29, 1.82) is 0 Å². The molecule has 3 nitrogen and oxygen atoms in total. The molecule has 1 aromatic rings. The van der Waals surface area contributed by atoms with E-state index >= 15 is 0 Å². The van der Waals surface area contributed by atoms with Crippen molar-refractivity contribution < 1.29 is 5.11 Å². The lowest BCUT2D eigenvalue weighted by molar-refractivity contribution is 0.0728. The summed E-state index contributed by atoms with van der Waals surface area (Å²) in [4.78, 5) is 2.49. The second kappa shape index (κ2) is 6.92. The van der Waals surface area contributed by atoms with Gasteiger partial charge in [0.15, 0.2) is 0 Å². The third-order valence-corrected chi connectivity index (χ3v) is 4.86. The Bertz CT molecular complexity index is 456. The van der Waals surface area contributed by atoms with E-state index in [1.807, 2.05) is 0 Å². The third kappa shape index (κ3) is 3.74. The third-order valence-electron chi connectivity index (χ3n) is 4.40. The molecule has 20 heavy (non-hydrogen) atoms. The summed E-state index contributed by atoms with van der Waals surface area (Å²) in [5, 5.41) is 9.64. The molecule has 3 N–H and O–H groups in total. The van der Waals surface area contributed by atoms with Crippen LogP contribution in [0.1, 0.15) is 43.7 Å². The lowest BCUT2D eigenvalue weighted by Gasteiger charge is -2.35. The van der Waals surface area contributed by atoms with Crippen LogP contribution in [0.5, 0.6) is 0 Å². The SMILES string of the molecule is CCN(Cc1cc(Br)cc(C)c1N)[C@H]1CC[C@H](O)CC1. The van der Waals surface area contributed by atoms with Gasteiger partial charge < -0.3 is 10.8 Å². The van der Waals surface area contributed by atoms with Crippen molar-refractivity contribution in [1.82, 2.24) is 4.90 Å². The van der Waals surface area contributed by atoms with Gasteiger partial charge in [0.25, 0.3) is 0 Å². The smallest absolute Gasteiger partial charge is 0.0541 e. The van der Waals surface area contributed by atoms with Gasteiger partial charge in [-0.25, -0.2) is 0 Å². The maximum atomic E-state index is 9.64. The number of rotatable bonds is 4. The van der Waals surface area contributed by atoms with Gasteiger partial charge in [0.2, 0.25) is 0 Å². The van der Waals surface area contributed by atoms with E-state index in [4.69, 9.17) is 5.73 Å². The van der Waals surface area contributed by atoms with Gasteiger partial charge in [0.05, 0.1) is 6.10 Å². The number of hydrogen-bond acceptors (Lipinski definition) is 3. The number of nitrogens with two attached hydrogens (primary N) is 1. The summed E-state index contributed by atoms with van der Waals surface area (Å²) < 4.78 is 1.09. The minimum Gasteiger partial charge on any atom is -0.398 e. The number of anilines is 1. The first-order valence-corrected chi connectivity index (χ1v) is 8.27. The topological polar surface area (TPSA) is 49.5 Å². The predicted molar refractivity (Wildman–Crippen MR) is 87.6 cm³/mol. The summed E-state index contributed by atoms with van der Waals surface area (Å²) >= 11 is 3.56. The first-order chi connectivity index (χ1) is 9.51. The number of nitrogen functional groups attached to an aromatic ring is 1. The fourth-order valence-electron chi connectivity index (χ4n) is 3.10. The second-order valence-electron chi connectivity index (χ2n) is 5.82. The van der Waals surface area contributed by atoms with Crippen LogP contribution < -0.4 is 5.73 Å². The van der Waals surface area contributed by atoms with Gasteiger partial charge in [0, 0.05) is 22.7 Å². The van der Waals surface area contributed by atoms with E-state index in [1.54, 1.807) is 0 Å². The second-order valence-corrected chi connectivity index (χ2v) is 6.74. The molecular weight excluding hydrogens is 316 g/mol. The molecule has 1 aliphatic carbocycles. The molecule has 0 radical (unpaired) electrons. The van der Waals surface area contributed by atoms with Crippen LogP contribution in [0.4, 0.5) is 5.69 Å². The summed E-state index contributed by atoms with van der Waals surface area (Å²) in [6.45, 7) is 6.16. The molecule has 1 saturated carbocycles. The fourth-order valence-corrected chi connectivity index (χ4v) is 3.72. The molecule has 4 heteroatoms. The van der Waals surface area contributed by atoms with Crippen LogP contribution in [0.25, 0.3) is 0 Å². The Morgan fingerprint density at radius 3 is 2.55 bits per heavy atom. The fraction of sp³-hybridized carbons (Fsp3) is 0.625. The van der Waals surface area contributed by atoms with E-state index in [9.17, 15) is 5.11 Å². The highest BCUT2D eigenvalue weighted by Gasteiger charge is 2.24. The van der Waals surface area contributed by atoms with Crippen LogP contribution in [-0.2, 0) is 6.54 Å². The van der Waals surface area contributed by atoms with Gasteiger partial charge in [-0.05, 0) is 62.4 Å². The molecule has 0 heterocycles. The Morgan fingerprint density at radius 2 is 1.95 bits per heavy atom. The van der Waals surface area contributed by atoms with Crippen LogP contribution in [0.3, 0.4) is 0 Å². The molecular formula is C16H25BrN2O. The van der Waals surface area contributed by atoms with Crippen LogP contribution in [-0.4, -0.2) is 28.7 Å². The average molecular weight is 341 g/mol. The quantitative estimate of drug-likeness (QED) is 0.825. The number of aliphatic hydroxyl groups is 1. The molecule has 1 aliphatic rings. The van der Waals surface area contributed by atoms with E-state index in [-0.39, 0.29) is 6.10 Å². The minimum atomic E-state index is -0.0943. The molecule has 2 rings (SSSR count). The Hall–Kier alpha value is -0.580. The molecule has 0 aliphatic heterocycles. The molecule has 112 valence electrons. The molecule has 1 aromatic carbocycles. The van der Waals surface area contributed by atoms with Gasteiger partial charge in [-0.15, -0.1) is 0 Å². The normalized spacial score (nSPS) is 23.2. The number of benzene rings is 1. The first-order valence-electron chi connectivity index (χ1n) is 7.47. The molecule has 0 aromatic heterocycles. The average Bonchev–Trinajstić information content (AvgIpc) is 2.42. The molecule has 0 bridgehead atoms. The number of aryl methyl sites for hydroxylation is 1. The highest BCUT2D eigenvalue weighted by atomic mass is 79.9. The van der Waals surface area contributed by atoms with Crippen LogP contribution in [0.15, 0.2) is 16.6 Å². The highest BCUT2D eigenvalue weighted by molar-refractivity contribution is 9.10. The summed E-state index contributed by atoms with van der Waals surface area (Å²) in [5.41, 5.74) is 9.45. The van der Waals surface area contributed by atoms with Crippen LogP contribution >= 0.6 is 15.9 Å². The van der Waals surface area contributed by atoms with Crippen molar-refractivity contribution >= 4 is 21.6 Å². The van der Waals surface area contributed by atoms with Crippen LogP contribution in [0, 0.1) is 6.92 Å². The standard InChI is InChI=1S/C16H25BrN2O/c1-3-19(14-4-6-15(20)7-5-14)10-12-9-13(17)8-11(2)16(12)18/h8-9,14-15,20H,3-7,10,18H2,1-2H3/t14-,15-. The highest BCUT2D eigenvalue weighted by Crippen LogP contribution is 2.28. The number of halogens is 1. The van der Waals surface area contributed by atoms with Crippen molar-refractivity contribution in [2.45, 2.75) is 58.2 Å². The Balaban J connectivity index is 2.10. The van der Waals surface area contributed by atoms with Crippen molar-refractivity contribution in [3.05, 3.63) is 27.7 Å². The first kappa shape index (κ1) is 15.8. The number of hydrogen-bond donors (Lipinski definition) is 2. The molecule has 0 unspecified atom stereocenters. The van der Waals surface area contributed by atoms with E-state index in [2.05, 4.69) is 46.8 Å². The van der Waals surface area contributed by atoms with Gasteiger partial charge in [0.1, 0.15) is 0 Å².